The van der Waals surface area contributed by atoms with Gasteiger partial charge in [0.05, 0.1) is 18.1 Å². The molecular formula is C20H25N3O3. The van der Waals surface area contributed by atoms with Crippen LogP contribution in [0.15, 0.2) is 42.5 Å². The Hall–Kier alpha value is -2.60. The van der Waals surface area contributed by atoms with Gasteiger partial charge in [-0.05, 0) is 35.2 Å². The molecule has 2 aromatic rings. The molecule has 6 heteroatoms. The Morgan fingerprint density at radius 1 is 1.12 bits per heavy atom. The molecule has 0 radical (unpaired) electrons. The fourth-order valence-corrected chi connectivity index (χ4v) is 3.01. The van der Waals surface area contributed by atoms with Crippen molar-refractivity contribution in [3.8, 4) is 0 Å². The molecule has 1 aliphatic rings. The van der Waals surface area contributed by atoms with Crippen LogP contribution in [-0.4, -0.2) is 31.2 Å². The molecule has 0 bridgehead atoms. The van der Waals surface area contributed by atoms with Gasteiger partial charge in [0.2, 0.25) is 0 Å². The monoisotopic (exact) mass is 355 g/mol. The molecule has 2 aromatic carbocycles. The molecule has 0 atom stereocenters. The minimum Gasteiger partial charge on any atom is -0.378 e. The second kappa shape index (κ2) is 7.33. The van der Waals surface area contributed by atoms with Gasteiger partial charge in [0.1, 0.15) is 5.69 Å². The van der Waals surface area contributed by atoms with Crippen molar-refractivity contribution in [1.29, 1.82) is 0 Å². The summed E-state index contributed by atoms with van der Waals surface area (Å²) >= 11 is 0. The molecule has 1 heterocycles. The average molecular weight is 355 g/mol. The number of nitrogens with zero attached hydrogens (tertiary/aromatic N) is 2. The summed E-state index contributed by atoms with van der Waals surface area (Å²) in [6.07, 6.45) is 0. The Kier molecular flexibility index (Phi) is 5.13. The van der Waals surface area contributed by atoms with Gasteiger partial charge in [0.25, 0.3) is 5.69 Å². The predicted octanol–water partition coefficient (Wildman–Crippen LogP) is 4.47. The van der Waals surface area contributed by atoms with Crippen LogP contribution in [0.2, 0.25) is 0 Å². The third kappa shape index (κ3) is 4.14. The van der Waals surface area contributed by atoms with Gasteiger partial charge in [-0.3, -0.25) is 10.1 Å². The highest BCUT2D eigenvalue weighted by Crippen LogP contribution is 2.33. The largest absolute Gasteiger partial charge is 0.378 e. The average Bonchev–Trinajstić information content (AvgIpc) is 2.62. The number of nitrogens with one attached hydrogen (secondary N) is 1. The van der Waals surface area contributed by atoms with Crippen molar-refractivity contribution < 1.29 is 9.66 Å². The molecule has 0 unspecified atom stereocenters. The molecule has 1 saturated heterocycles. The van der Waals surface area contributed by atoms with Crippen molar-refractivity contribution in [2.45, 2.75) is 26.2 Å². The van der Waals surface area contributed by atoms with Crippen LogP contribution >= 0.6 is 0 Å². The lowest BCUT2D eigenvalue weighted by Crippen LogP contribution is -2.36. The molecule has 138 valence electrons. The Labute approximate surface area is 153 Å². The first-order chi connectivity index (χ1) is 12.3. The maximum atomic E-state index is 11.5. The van der Waals surface area contributed by atoms with E-state index in [0.717, 1.165) is 43.2 Å². The topological polar surface area (TPSA) is 67.6 Å². The van der Waals surface area contributed by atoms with Crippen LogP contribution in [0.3, 0.4) is 0 Å². The lowest BCUT2D eigenvalue weighted by atomic mass is 9.86. The second-order valence-corrected chi connectivity index (χ2v) is 7.51. The van der Waals surface area contributed by atoms with Crippen molar-refractivity contribution >= 4 is 22.7 Å². The van der Waals surface area contributed by atoms with Crippen molar-refractivity contribution in [2.75, 3.05) is 36.5 Å². The molecule has 0 aliphatic carbocycles. The molecule has 0 amide bonds. The number of ether oxygens (including phenoxy) is 1. The predicted molar refractivity (Wildman–Crippen MR) is 105 cm³/mol. The van der Waals surface area contributed by atoms with Crippen molar-refractivity contribution in [2.24, 2.45) is 0 Å². The van der Waals surface area contributed by atoms with E-state index in [1.807, 2.05) is 51.1 Å². The number of anilines is 3. The van der Waals surface area contributed by atoms with Crippen molar-refractivity contribution in [1.82, 2.24) is 0 Å². The van der Waals surface area contributed by atoms with E-state index in [4.69, 9.17) is 4.74 Å². The molecule has 26 heavy (non-hydrogen) atoms. The Balaban J connectivity index is 1.87. The highest BCUT2D eigenvalue weighted by Gasteiger charge is 2.21. The van der Waals surface area contributed by atoms with E-state index in [9.17, 15) is 10.1 Å². The number of hydrogen-bond acceptors (Lipinski definition) is 5. The fraction of sp³-hybridized carbons (Fsp3) is 0.400. The number of nitro benzene ring substituents is 1. The smallest absolute Gasteiger partial charge is 0.292 e. The molecule has 0 aromatic heterocycles. The normalized spacial score (nSPS) is 15.0. The van der Waals surface area contributed by atoms with E-state index in [-0.39, 0.29) is 16.0 Å². The van der Waals surface area contributed by atoms with E-state index in [1.165, 1.54) is 0 Å². The van der Waals surface area contributed by atoms with E-state index in [2.05, 4.69) is 10.2 Å². The van der Waals surface area contributed by atoms with Crippen LogP contribution in [0.4, 0.5) is 22.7 Å². The summed E-state index contributed by atoms with van der Waals surface area (Å²) in [6.45, 7) is 9.28. The standard InChI is InChI=1S/C20H25N3O3/c1-20(2,3)15-7-8-18(19(13-15)23(24)25)21-16-5-4-6-17(14-16)22-9-11-26-12-10-22/h4-8,13-14,21H,9-12H2,1-3H3. The Morgan fingerprint density at radius 2 is 1.85 bits per heavy atom. The summed E-state index contributed by atoms with van der Waals surface area (Å²) in [7, 11) is 0. The Morgan fingerprint density at radius 3 is 2.50 bits per heavy atom. The molecule has 0 saturated carbocycles. The Bertz CT molecular complexity index is 793. The maximum Gasteiger partial charge on any atom is 0.292 e. The molecular weight excluding hydrogens is 330 g/mol. The summed E-state index contributed by atoms with van der Waals surface area (Å²) in [4.78, 5) is 13.5. The minimum atomic E-state index is -0.330. The van der Waals surface area contributed by atoms with E-state index in [0.29, 0.717) is 5.69 Å². The maximum absolute atomic E-state index is 11.5. The van der Waals surface area contributed by atoms with Gasteiger partial charge in [-0.2, -0.15) is 0 Å². The van der Waals surface area contributed by atoms with Gasteiger partial charge in [-0.1, -0.05) is 32.9 Å². The first-order valence-corrected chi connectivity index (χ1v) is 8.83. The lowest BCUT2D eigenvalue weighted by molar-refractivity contribution is -0.384. The van der Waals surface area contributed by atoms with Crippen LogP contribution in [0.1, 0.15) is 26.3 Å². The van der Waals surface area contributed by atoms with Crippen LogP contribution in [-0.2, 0) is 10.2 Å². The van der Waals surface area contributed by atoms with Gasteiger partial charge < -0.3 is 15.0 Å². The SMILES string of the molecule is CC(C)(C)c1ccc(Nc2cccc(N3CCOCC3)c2)c([N+](=O)[O-])c1. The van der Waals surface area contributed by atoms with Crippen molar-refractivity contribution in [3.63, 3.8) is 0 Å². The number of hydrogen-bond donors (Lipinski definition) is 1. The summed E-state index contributed by atoms with van der Waals surface area (Å²) in [5.74, 6) is 0. The molecule has 6 nitrogen and oxygen atoms in total. The quantitative estimate of drug-likeness (QED) is 0.647. The molecule has 1 fully saturated rings. The summed E-state index contributed by atoms with van der Waals surface area (Å²) in [5, 5.41) is 14.8. The zero-order valence-corrected chi connectivity index (χ0v) is 15.5. The van der Waals surface area contributed by atoms with Crippen molar-refractivity contribution in [3.05, 3.63) is 58.1 Å². The molecule has 0 spiro atoms. The first kappa shape index (κ1) is 18.2. The number of rotatable bonds is 4. The van der Waals surface area contributed by atoms with Gasteiger partial charge >= 0.3 is 0 Å². The zero-order chi connectivity index (χ0) is 18.7. The summed E-state index contributed by atoms with van der Waals surface area (Å²) in [5.41, 5.74) is 3.32. The summed E-state index contributed by atoms with van der Waals surface area (Å²) in [6, 6.07) is 13.4. The van der Waals surface area contributed by atoms with Crippen LogP contribution in [0.25, 0.3) is 0 Å². The van der Waals surface area contributed by atoms with Crippen LogP contribution < -0.4 is 10.2 Å². The molecule has 1 aliphatic heterocycles. The molecule has 3 rings (SSSR count). The number of nitro groups is 1. The summed E-state index contributed by atoms with van der Waals surface area (Å²) < 4.78 is 5.40. The van der Waals surface area contributed by atoms with Crippen LogP contribution in [0, 0.1) is 10.1 Å². The van der Waals surface area contributed by atoms with Gasteiger partial charge in [0.15, 0.2) is 0 Å². The van der Waals surface area contributed by atoms with E-state index in [1.54, 1.807) is 12.1 Å². The number of morpholine rings is 1. The zero-order valence-electron chi connectivity index (χ0n) is 15.5. The highest BCUT2D eigenvalue weighted by molar-refractivity contribution is 5.72. The van der Waals surface area contributed by atoms with Gasteiger partial charge in [0, 0.05) is 30.5 Å². The molecule has 1 N–H and O–H groups in total. The van der Waals surface area contributed by atoms with Gasteiger partial charge in [-0.25, -0.2) is 0 Å². The fourth-order valence-electron chi connectivity index (χ4n) is 3.01. The number of benzene rings is 2. The van der Waals surface area contributed by atoms with Gasteiger partial charge in [-0.15, -0.1) is 0 Å². The first-order valence-electron chi connectivity index (χ1n) is 8.83. The second-order valence-electron chi connectivity index (χ2n) is 7.51. The van der Waals surface area contributed by atoms with Crippen LogP contribution in [0.5, 0.6) is 0 Å². The highest BCUT2D eigenvalue weighted by atomic mass is 16.6. The lowest BCUT2D eigenvalue weighted by Gasteiger charge is -2.29. The third-order valence-electron chi connectivity index (χ3n) is 4.56. The minimum absolute atomic E-state index is 0.0919. The third-order valence-corrected chi connectivity index (χ3v) is 4.56. The van der Waals surface area contributed by atoms with E-state index >= 15 is 0 Å². The van der Waals surface area contributed by atoms with E-state index < -0.39 is 0 Å².